The van der Waals surface area contributed by atoms with Gasteiger partial charge in [0, 0.05) is 48.6 Å². The third kappa shape index (κ3) is 3.60. The van der Waals surface area contributed by atoms with E-state index in [1.54, 1.807) is 12.3 Å². The Morgan fingerprint density at radius 3 is 2.93 bits per heavy atom. The summed E-state index contributed by atoms with van der Waals surface area (Å²) >= 11 is 0. The average Bonchev–Trinajstić information content (AvgIpc) is 3.36. The fourth-order valence-electron chi connectivity index (χ4n) is 4.89. The van der Waals surface area contributed by atoms with Crippen molar-refractivity contribution in [1.29, 1.82) is 0 Å². The molecule has 4 aliphatic rings. The van der Waals surface area contributed by atoms with Gasteiger partial charge in [0.1, 0.15) is 0 Å². The molecular formula is C20H29N7. The van der Waals surface area contributed by atoms with Gasteiger partial charge in [0.05, 0.1) is 0 Å². The Kier molecular flexibility index (Phi) is 4.95. The number of nitrogens with one attached hydrogen (secondary N) is 1. The van der Waals surface area contributed by atoms with Crippen molar-refractivity contribution in [3.8, 4) is 0 Å². The molecule has 144 valence electrons. The lowest BCUT2D eigenvalue weighted by atomic mass is 9.70. The van der Waals surface area contributed by atoms with E-state index >= 15 is 0 Å². The number of nitrogens with two attached hydrogens (primary N) is 1. The first-order valence-corrected chi connectivity index (χ1v) is 9.89. The van der Waals surface area contributed by atoms with E-state index in [-0.39, 0.29) is 0 Å². The monoisotopic (exact) mass is 367 g/mol. The zero-order valence-electron chi connectivity index (χ0n) is 16.1. The van der Waals surface area contributed by atoms with Crippen molar-refractivity contribution in [2.75, 3.05) is 25.0 Å². The number of amidine groups is 1. The first-order chi connectivity index (χ1) is 13.1. The molecule has 0 amide bonds. The van der Waals surface area contributed by atoms with Crippen molar-refractivity contribution in [3.05, 3.63) is 24.0 Å². The van der Waals surface area contributed by atoms with Crippen LogP contribution in [0.1, 0.15) is 38.5 Å². The van der Waals surface area contributed by atoms with E-state index in [0.29, 0.717) is 29.0 Å². The van der Waals surface area contributed by atoms with Crippen LogP contribution in [0.2, 0.25) is 0 Å². The van der Waals surface area contributed by atoms with E-state index in [4.69, 9.17) is 5.73 Å². The molecule has 2 bridgehead atoms. The van der Waals surface area contributed by atoms with Gasteiger partial charge in [-0.3, -0.25) is 0 Å². The highest BCUT2D eigenvalue weighted by Crippen LogP contribution is 2.52. The van der Waals surface area contributed by atoms with E-state index < -0.39 is 0 Å². The van der Waals surface area contributed by atoms with Crippen molar-refractivity contribution in [2.24, 2.45) is 27.1 Å². The summed E-state index contributed by atoms with van der Waals surface area (Å²) < 4.78 is 0. The zero-order chi connectivity index (χ0) is 18.9. The maximum absolute atomic E-state index is 6.25. The number of fused-ring (bicyclic) bond motifs is 1. The molecule has 2 aliphatic heterocycles. The number of hydrogen-bond donors (Lipinski definition) is 2. The molecule has 3 N–H and O–H groups in total. The molecule has 2 saturated heterocycles. The molecule has 0 unspecified atom stereocenters. The molecule has 2 saturated carbocycles. The summed E-state index contributed by atoms with van der Waals surface area (Å²) in [6.07, 6.45) is 10.8. The first kappa shape index (κ1) is 18.1. The van der Waals surface area contributed by atoms with Crippen LogP contribution in [0.15, 0.2) is 34.0 Å². The molecule has 27 heavy (non-hydrogen) atoms. The molecule has 7 nitrogen and oxygen atoms in total. The van der Waals surface area contributed by atoms with Gasteiger partial charge in [-0.1, -0.05) is 12.8 Å². The molecule has 4 fully saturated rings. The van der Waals surface area contributed by atoms with Crippen LogP contribution in [0.4, 0.5) is 11.8 Å². The Bertz CT molecular complexity index is 757. The predicted octanol–water partition coefficient (Wildman–Crippen LogP) is 2.43. The topological polar surface area (TPSA) is 91.8 Å². The molecule has 2 aliphatic carbocycles. The maximum atomic E-state index is 6.25. The highest BCUT2D eigenvalue weighted by atomic mass is 15.3. The van der Waals surface area contributed by atoms with Gasteiger partial charge >= 0.3 is 0 Å². The second-order valence-corrected chi connectivity index (χ2v) is 8.19. The predicted molar refractivity (Wildman–Crippen MR) is 110 cm³/mol. The number of allylic oxidation sites excluding steroid dienone is 1. The Labute approximate surface area is 160 Å². The molecule has 0 aromatic carbocycles. The van der Waals surface area contributed by atoms with Crippen LogP contribution < -0.4 is 16.0 Å². The number of rotatable bonds is 6. The van der Waals surface area contributed by atoms with Gasteiger partial charge in [-0.05, 0) is 45.4 Å². The number of nitrogens with zero attached hydrogens (tertiary/aromatic N) is 5. The molecule has 0 atom stereocenters. The summed E-state index contributed by atoms with van der Waals surface area (Å²) in [5, 5.41) is 3.32. The van der Waals surface area contributed by atoms with E-state index in [1.165, 1.54) is 25.7 Å². The minimum absolute atomic E-state index is 0.383. The van der Waals surface area contributed by atoms with Crippen LogP contribution in [0.5, 0.6) is 0 Å². The largest absolute Gasteiger partial charge is 0.402 e. The molecule has 0 radical (unpaired) electrons. The summed E-state index contributed by atoms with van der Waals surface area (Å²) in [7, 11) is 2.02. The van der Waals surface area contributed by atoms with Gasteiger partial charge < -0.3 is 16.0 Å². The molecule has 0 spiro atoms. The summed E-state index contributed by atoms with van der Waals surface area (Å²) in [5.74, 6) is 2.32. The maximum Gasteiger partial charge on any atom is 0.227 e. The first-order valence-electron chi connectivity index (χ1n) is 9.89. The van der Waals surface area contributed by atoms with E-state index in [2.05, 4.69) is 36.9 Å². The number of anilines is 1. The van der Waals surface area contributed by atoms with E-state index in [0.717, 1.165) is 37.6 Å². The van der Waals surface area contributed by atoms with Gasteiger partial charge in [-0.25, -0.2) is 15.0 Å². The Balaban J connectivity index is 1.51. The molecule has 7 heteroatoms. The lowest BCUT2D eigenvalue weighted by molar-refractivity contribution is 0.196. The smallest absolute Gasteiger partial charge is 0.227 e. The van der Waals surface area contributed by atoms with Crippen molar-refractivity contribution in [1.82, 2.24) is 15.3 Å². The lowest BCUT2D eigenvalue weighted by Crippen LogP contribution is -2.41. The van der Waals surface area contributed by atoms with Gasteiger partial charge in [-0.15, -0.1) is 0 Å². The SMILES string of the molecule is C=NC(/C=C(\N)C1CCCC1)=Nc1ccnc(N2CC3(CNC)CC2C3)n1. The normalized spacial score (nSPS) is 28.5. The standard InChI is InChI=1S/C20H29N7/c1-22-12-20-10-15(11-20)27(13-20)19-24-8-7-17(26-19)25-18(23-2)9-16(21)14-5-3-4-6-14/h7-9,14-15,22H,2-6,10-13,21H2,1H3/b16-9-,25-18?. The minimum atomic E-state index is 0.383. The van der Waals surface area contributed by atoms with Crippen LogP contribution in [0.3, 0.4) is 0 Å². The zero-order valence-corrected chi connectivity index (χ0v) is 16.1. The van der Waals surface area contributed by atoms with Crippen LogP contribution in [-0.4, -0.2) is 48.7 Å². The number of aromatic nitrogens is 2. The Hall–Kier alpha value is -2.28. The summed E-state index contributed by atoms with van der Waals surface area (Å²) in [5.41, 5.74) is 7.48. The summed E-state index contributed by atoms with van der Waals surface area (Å²) in [6, 6.07) is 2.35. The molecule has 1 aromatic rings. The molecule has 5 rings (SSSR count). The van der Waals surface area contributed by atoms with E-state index in [1.807, 2.05) is 13.1 Å². The van der Waals surface area contributed by atoms with Crippen LogP contribution in [0, 0.1) is 11.3 Å². The second-order valence-electron chi connectivity index (χ2n) is 8.19. The number of hydrogen-bond acceptors (Lipinski definition) is 6. The van der Waals surface area contributed by atoms with E-state index in [9.17, 15) is 0 Å². The van der Waals surface area contributed by atoms with Gasteiger partial charge in [0.25, 0.3) is 0 Å². The van der Waals surface area contributed by atoms with Crippen LogP contribution >= 0.6 is 0 Å². The third-order valence-electron chi connectivity index (χ3n) is 6.23. The van der Waals surface area contributed by atoms with Gasteiger partial charge in [-0.2, -0.15) is 4.98 Å². The van der Waals surface area contributed by atoms with Crippen molar-refractivity contribution >= 4 is 24.3 Å². The molecular weight excluding hydrogens is 338 g/mol. The fraction of sp³-hybridized carbons (Fsp3) is 0.600. The van der Waals surface area contributed by atoms with Gasteiger partial charge in [0.2, 0.25) is 5.95 Å². The summed E-state index contributed by atoms with van der Waals surface area (Å²) in [4.78, 5) is 20.1. The lowest BCUT2D eigenvalue weighted by Gasteiger charge is -2.36. The van der Waals surface area contributed by atoms with Crippen LogP contribution in [0.25, 0.3) is 0 Å². The Morgan fingerprint density at radius 2 is 2.22 bits per heavy atom. The van der Waals surface area contributed by atoms with Crippen LogP contribution in [-0.2, 0) is 0 Å². The fourth-order valence-corrected chi connectivity index (χ4v) is 4.89. The molecule has 1 aromatic heterocycles. The Morgan fingerprint density at radius 1 is 1.44 bits per heavy atom. The highest BCUT2D eigenvalue weighted by molar-refractivity contribution is 5.97. The quantitative estimate of drug-likeness (QED) is 0.595. The van der Waals surface area contributed by atoms with Crippen molar-refractivity contribution < 1.29 is 0 Å². The average molecular weight is 368 g/mol. The second kappa shape index (κ2) is 7.38. The summed E-state index contributed by atoms with van der Waals surface area (Å²) in [6.45, 7) is 5.70. The van der Waals surface area contributed by atoms with Crippen molar-refractivity contribution in [2.45, 2.75) is 44.6 Å². The third-order valence-corrected chi connectivity index (χ3v) is 6.23. The van der Waals surface area contributed by atoms with Gasteiger partial charge in [0.15, 0.2) is 11.7 Å². The number of aliphatic imine (C=N–C) groups is 2. The highest BCUT2D eigenvalue weighted by Gasteiger charge is 2.55. The minimum Gasteiger partial charge on any atom is -0.402 e. The van der Waals surface area contributed by atoms with Crippen molar-refractivity contribution in [3.63, 3.8) is 0 Å². The molecule has 3 heterocycles.